The van der Waals surface area contributed by atoms with Crippen LogP contribution in [0.15, 0.2) is 47.5 Å². The summed E-state index contributed by atoms with van der Waals surface area (Å²) in [5.74, 6) is -1.59. The summed E-state index contributed by atoms with van der Waals surface area (Å²) in [4.78, 5) is 33.2. The molecular formula is C25H22FN5O4. The molecule has 2 aromatic heterocycles. The number of carboxylic acids is 1. The van der Waals surface area contributed by atoms with Crippen LogP contribution in [0.1, 0.15) is 40.4 Å². The number of carbonyl (C=O) groups is 1. The number of nitrogen functional groups attached to an aromatic ring is 2. The van der Waals surface area contributed by atoms with Gasteiger partial charge in [-0.15, -0.1) is 0 Å². The van der Waals surface area contributed by atoms with Crippen molar-refractivity contribution in [2.45, 2.75) is 25.3 Å². The third-order valence-electron chi connectivity index (χ3n) is 6.21. The van der Waals surface area contributed by atoms with E-state index in [2.05, 4.69) is 9.97 Å². The molecular weight excluding hydrogens is 453 g/mol. The van der Waals surface area contributed by atoms with Crippen LogP contribution in [0, 0.1) is 5.82 Å². The molecule has 5 N–H and O–H groups in total. The zero-order chi connectivity index (χ0) is 24.9. The number of aromatic nitrogens is 3. The second kappa shape index (κ2) is 8.39. The van der Waals surface area contributed by atoms with Crippen molar-refractivity contribution in [2.24, 2.45) is 0 Å². The maximum absolute atomic E-state index is 16.3. The Morgan fingerprint density at radius 2 is 2.00 bits per heavy atom. The fraction of sp³-hybridized carbons (Fsp3) is 0.200. The number of methoxy groups -OCH3 is 1. The number of benzene rings is 2. The van der Waals surface area contributed by atoms with Gasteiger partial charge in [0.15, 0.2) is 0 Å². The standard InChI is InChI=1S/C25H22FN5O4/c1-35-19-5-3-2-4-14(19)15-9-18-20(22(32)17(24(33)34)11-31(18)13-6-7-13)16(21(15)26)8-12-10-29-25(28)30-23(12)27/h2-5,9-11,13H,6-8H2,1H3,(H,33,34)(H4,27,28,29,30). The zero-order valence-electron chi connectivity index (χ0n) is 18.8. The predicted octanol–water partition coefficient (Wildman–Crippen LogP) is 3.39. The van der Waals surface area contributed by atoms with E-state index in [1.807, 2.05) is 0 Å². The van der Waals surface area contributed by atoms with Gasteiger partial charge in [0, 0.05) is 47.1 Å². The van der Waals surface area contributed by atoms with Crippen LogP contribution >= 0.6 is 0 Å². The van der Waals surface area contributed by atoms with Gasteiger partial charge in [-0.3, -0.25) is 4.79 Å². The maximum Gasteiger partial charge on any atom is 0.341 e. The summed E-state index contributed by atoms with van der Waals surface area (Å²) in [6.45, 7) is 0. The number of ether oxygens (including phenoxy) is 1. The third-order valence-corrected chi connectivity index (χ3v) is 6.21. The van der Waals surface area contributed by atoms with Crippen molar-refractivity contribution in [3.8, 4) is 16.9 Å². The van der Waals surface area contributed by atoms with Gasteiger partial charge in [0.2, 0.25) is 11.4 Å². The van der Waals surface area contributed by atoms with E-state index >= 15 is 4.39 Å². The lowest BCUT2D eigenvalue weighted by molar-refractivity contribution is 0.0695. The summed E-state index contributed by atoms with van der Waals surface area (Å²) in [5, 5.41) is 9.69. The third kappa shape index (κ3) is 3.82. The molecule has 0 saturated heterocycles. The molecule has 178 valence electrons. The van der Waals surface area contributed by atoms with Crippen LogP contribution in [-0.2, 0) is 6.42 Å². The minimum Gasteiger partial charge on any atom is -0.496 e. The highest BCUT2D eigenvalue weighted by atomic mass is 19.1. The number of halogens is 1. The Balaban J connectivity index is 1.90. The van der Waals surface area contributed by atoms with Crippen molar-refractivity contribution in [3.05, 3.63) is 75.5 Å². The smallest absolute Gasteiger partial charge is 0.341 e. The van der Waals surface area contributed by atoms with Crippen LogP contribution in [0.5, 0.6) is 5.75 Å². The van der Waals surface area contributed by atoms with Crippen molar-refractivity contribution in [1.82, 2.24) is 14.5 Å². The number of pyridine rings is 1. The molecule has 10 heteroatoms. The van der Waals surface area contributed by atoms with Crippen LogP contribution in [0.2, 0.25) is 0 Å². The number of hydrogen-bond donors (Lipinski definition) is 3. The van der Waals surface area contributed by atoms with Gasteiger partial charge < -0.3 is 25.9 Å². The molecule has 2 heterocycles. The minimum absolute atomic E-state index is 0.00553. The molecule has 4 aromatic rings. The van der Waals surface area contributed by atoms with Gasteiger partial charge >= 0.3 is 5.97 Å². The van der Waals surface area contributed by atoms with Crippen molar-refractivity contribution in [1.29, 1.82) is 0 Å². The second-order valence-electron chi connectivity index (χ2n) is 8.44. The van der Waals surface area contributed by atoms with E-state index < -0.39 is 22.8 Å². The Morgan fingerprint density at radius 3 is 2.66 bits per heavy atom. The maximum atomic E-state index is 16.3. The Hall–Kier alpha value is -4.47. The molecule has 1 aliphatic rings. The lowest BCUT2D eigenvalue weighted by atomic mass is 9.93. The second-order valence-corrected chi connectivity index (χ2v) is 8.44. The van der Waals surface area contributed by atoms with Gasteiger partial charge in [-0.1, -0.05) is 18.2 Å². The van der Waals surface area contributed by atoms with Crippen molar-refractivity contribution >= 4 is 28.6 Å². The van der Waals surface area contributed by atoms with Crippen molar-refractivity contribution in [3.63, 3.8) is 0 Å². The average Bonchev–Trinajstić information content (AvgIpc) is 3.67. The fourth-order valence-corrected chi connectivity index (χ4v) is 4.36. The van der Waals surface area contributed by atoms with Crippen LogP contribution in [-0.4, -0.2) is 32.7 Å². The van der Waals surface area contributed by atoms with Gasteiger partial charge in [0.1, 0.15) is 22.9 Å². The molecule has 0 amide bonds. The van der Waals surface area contributed by atoms with E-state index in [0.29, 0.717) is 22.4 Å². The molecule has 9 nitrogen and oxygen atoms in total. The highest BCUT2D eigenvalue weighted by Gasteiger charge is 2.30. The summed E-state index contributed by atoms with van der Waals surface area (Å²) in [6, 6.07) is 8.57. The average molecular weight is 475 g/mol. The summed E-state index contributed by atoms with van der Waals surface area (Å²) in [5.41, 5.74) is 11.9. The van der Waals surface area contributed by atoms with Gasteiger partial charge in [-0.05, 0) is 25.0 Å². The van der Waals surface area contributed by atoms with Gasteiger partial charge in [-0.25, -0.2) is 14.2 Å². The summed E-state index contributed by atoms with van der Waals surface area (Å²) < 4.78 is 23.5. The topological polar surface area (TPSA) is 146 Å². The molecule has 0 radical (unpaired) electrons. The Labute approximate surface area is 198 Å². The van der Waals surface area contributed by atoms with Gasteiger partial charge in [-0.2, -0.15) is 4.98 Å². The normalized spacial score (nSPS) is 13.2. The zero-order valence-corrected chi connectivity index (χ0v) is 18.8. The molecule has 0 atom stereocenters. The lowest BCUT2D eigenvalue weighted by Gasteiger charge is -2.19. The molecule has 1 saturated carbocycles. The van der Waals surface area contributed by atoms with E-state index in [1.54, 1.807) is 34.9 Å². The molecule has 35 heavy (non-hydrogen) atoms. The quantitative estimate of drug-likeness (QED) is 0.385. The van der Waals surface area contributed by atoms with E-state index in [9.17, 15) is 14.7 Å². The van der Waals surface area contributed by atoms with Gasteiger partial charge in [0.05, 0.1) is 18.0 Å². The summed E-state index contributed by atoms with van der Waals surface area (Å²) >= 11 is 0. The number of anilines is 2. The van der Waals surface area contributed by atoms with Crippen molar-refractivity contribution < 1.29 is 19.0 Å². The number of rotatable bonds is 6. The fourth-order valence-electron chi connectivity index (χ4n) is 4.36. The molecule has 1 fully saturated rings. The highest BCUT2D eigenvalue weighted by molar-refractivity contribution is 5.96. The van der Waals surface area contributed by atoms with E-state index in [0.717, 1.165) is 12.8 Å². The number of nitrogens with zero attached hydrogens (tertiary/aromatic N) is 3. The Kier molecular flexibility index (Phi) is 5.35. The van der Waals surface area contributed by atoms with E-state index in [1.165, 1.54) is 19.5 Å². The number of para-hydroxylation sites is 1. The monoisotopic (exact) mass is 475 g/mol. The number of hydrogen-bond acceptors (Lipinski definition) is 7. The number of aromatic carboxylic acids is 1. The van der Waals surface area contributed by atoms with Crippen LogP contribution < -0.4 is 21.6 Å². The summed E-state index contributed by atoms with van der Waals surface area (Å²) in [7, 11) is 1.49. The number of carboxylic acid groups (broad SMARTS) is 1. The first kappa shape index (κ1) is 22.3. The SMILES string of the molecule is COc1ccccc1-c1cc2c(c(Cc3cnc(N)nc3N)c1F)c(=O)c(C(=O)O)cn2C1CC1. The van der Waals surface area contributed by atoms with Crippen LogP contribution in [0.3, 0.4) is 0 Å². The predicted molar refractivity (Wildman–Crippen MR) is 129 cm³/mol. The molecule has 0 unspecified atom stereocenters. The molecule has 5 rings (SSSR count). The molecule has 2 aromatic carbocycles. The first-order valence-corrected chi connectivity index (χ1v) is 10.9. The largest absolute Gasteiger partial charge is 0.496 e. The highest BCUT2D eigenvalue weighted by Crippen LogP contribution is 2.41. The first-order valence-electron chi connectivity index (χ1n) is 10.9. The first-order chi connectivity index (χ1) is 16.8. The number of fused-ring (bicyclic) bond motifs is 1. The Bertz CT molecular complexity index is 1560. The molecule has 0 spiro atoms. The Morgan fingerprint density at radius 1 is 1.26 bits per heavy atom. The van der Waals surface area contributed by atoms with Crippen LogP contribution in [0.25, 0.3) is 22.0 Å². The molecule has 1 aliphatic carbocycles. The lowest BCUT2D eigenvalue weighted by Crippen LogP contribution is -2.21. The van der Waals surface area contributed by atoms with E-state index in [-0.39, 0.29) is 40.7 Å². The molecule has 0 bridgehead atoms. The van der Waals surface area contributed by atoms with Gasteiger partial charge in [0.25, 0.3) is 0 Å². The van der Waals surface area contributed by atoms with E-state index in [4.69, 9.17) is 16.2 Å². The van der Waals surface area contributed by atoms with Crippen LogP contribution in [0.4, 0.5) is 16.2 Å². The number of nitrogens with two attached hydrogens (primary N) is 2. The van der Waals surface area contributed by atoms with Crippen molar-refractivity contribution in [2.75, 3.05) is 18.6 Å². The minimum atomic E-state index is -1.37. The summed E-state index contributed by atoms with van der Waals surface area (Å²) in [6.07, 6.45) is 4.23. The molecule has 0 aliphatic heterocycles.